The highest BCUT2D eigenvalue weighted by Gasteiger charge is 2.26. The maximum Gasteiger partial charge on any atom is 0.178 e. The zero-order chi connectivity index (χ0) is 15.0. The summed E-state index contributed by atoms with van der Waals surface area (Å²) in [6, 6.07) is 0.0395. The molecule has 1 aliphatic heterocycles. The van der Waals surface area contributed by atoms with Crippen molar-refractivity contribution in [3.8, 4) is 0 Å². The molecule has 20 heavy (non-hydrogen) atoms. The molecule has 0 radical (unpaired) electrons. The zero-order valence-corrected chi connectivity index (χ0v) is 12.6. The molecule has 2 rings (SSSR count). The first kappa shape index (κ1) is 16.3. The maximum atomic E-state index is 11.1. The molecule has 0 saturated carbocycles. The second kappa shape index (κ2) is 8.42. The minimum atomic E-state index is 0.0395. The van der Waals surface area contributed by atoms with Crippen LogP contribution < -0.4 is 10.3 Å². The lowest BCUT2D eigenvalue weighted by Crippen LogP contribution is -2.36. The van der Waals surface area contributed by atoms with Gasteiger partial charge in [-0.2, -0.15) is 0 Å². The summed E-state index contributed by atoms with van der Waals surface area (Å²) in [6.07, 6.45) is 3.21. The van der Waals surface area contributed by atoms with Crippen molar-refractivity contribution in [1.82, 2.24) is 9.97 Å². The average molecular weight is 281 g/mol. The van der Waals surface area contributed by atoms with Crippen LogP contribution in [0, 0.1) is 11.8 Å². The summed E-state index contributed by atoms with van der Waals surface area (Å²) in [5.74, 6) is 1.15. The van der Waals surface area contributed by atoms with Gasteiger partial charge in [0.2, 0.25) is 0 Å². The van der Waals surface area contributed by atoms with Crippen LogP contribution >= 0.6 is 0 Å². The Morgan fingerprint density at radius 1 is 1.40 bits per heavy atom. The van der Waals surface area contributed by atoms with Gasteiger partial charge in [0.25, 0.3) is 0 Å². The third-order valence-electron chi connectivity index (χ3n) is 3.00. The van der Waals surface area contributed by atoms with Gasteiger partial charge in [0.1, 0.15) is 5.82 Å². The van der Waals surface area contributed by atoms with Crippen LogP contribution in [0.2, 0.25) is 0 Å². The summed E-state index contributed by atoms with van der Waals surface area (Å²) in [5.41, 5.74) is 0.701. The number of aromatic nitrogens is 2. The average Bonchev–Trinajstić information content (AvgIpc) is 2.51. The van der Waals surface area contributed by atoms with Gasteiger partial charge in [-0.25, -0.2) is 15.0 Å². The van der Waals surface area contributed by atoms with E-state index in [4.69, 9.17) is 4.74 Å². The van der Waals surface area contributed by atoms with Crippen molar-refractivity contribution >= 4 is 11.5 Å². The van der Waals surface area contributed by atoms with Gasteiger partial charge in [0.15, 0.2) is 5.82 Å². The van der Waals surface area contributed by atoms with Crippen LogP contribution in [0.3, 0.4) is 0 Å². The van der Waals surface area contributed by atoms with Gasteiger partial charge < -0.3 is 10.1 Å². The number of nitrogens with zero attached hydrogens (tertiary/aromatic N) is 4. The molecule has 0 spiro atoms. The number of anilines is 2. The molecule has 2 heterocycles. The molecule has 1 N–H and O–H groups in total. The highest BCUT2D eigenvalue weighted by atomic mass is 16.5. The maximum absolute atomic E-state index is 11.1. The van der Waals surface area contributed by atoms with E-state index in [1.54, 1.807) is 20.2 Å². The van der Waals surface area contributed by atoms with E-state index in [0.717, 1.165) is 12.8 Å². The molecule has 0 aromatic carbocycles. The highest BCUT2D eigenvalue weighted by molar-refractivity contribution is 5.64. The van der Waals surface area contributed by atoms with Crippen molar-refractivity contribution in [3.05, 3.63) is 16.9 Å². The van der Waals surface area contributed by atoms with Gasteiger partial charge in [-0.3, -0.25) is 0 Å². The normalized spacial score (nSPS) is 15.0. The van der Waals surface area contributed by atoms with Crippen LogP contribution in [0.25, 0.3) is 0 Å². The Kier molecular flexibility index (Phi) is 6.86. The van der Waals surface area contributed by atoms with Crippen molar-refractivity contribution in [2.75, 3.05) is 30.6 Å². The Balaban J connectivity index is 0.000000956. The summed E-state index contributed by atoms with van der Waals surface area (Å²) < 4.78 is 5.29. The first-order valence-electron chi connectivity index (χ1n) is 6.98. The molecule has 1 fully saturated rings. The molecule has 7 nitrogen and oxygen atoms in total. The van der Waals surface area contributed by atoms with E-state index in [2.05, 4.69) is 20.6 Å². The van der Waals surface area contributed by atoms with E-state index in [9.17, 15) is 4.91 Å². The van der Waals surface area contributed by atoms with Gasteiger partial charge in [-0.15, -0.1) is 4.91 Å². The Morgan fingerprint density at radius 2 is 2.05 bits per heavy atom. The standard InChI is InChI=1S/C11H17N5O2.C2H6/c1-8-13-7-10(12-2)11(14-8)16(15-17)9-3-5-18-6-4-9;1-2/h7,9,12H,3-6H2,1-2H3;1-2H3. The first-order valence-corrected chi connectivity index (χ1v) is 6.98. The summed E-state index contributed by atoms with van der Waals surface area (Å²) in [7, 11) is 1.77. The molecule has 0 atom stereocenters. The molecular formula is C13H23N5O2. The predicted octanol–water partition coefficient (Wildman–Crippen LogP) is 2.52. The van der Waals surface area contributed by atoms with Gasteiger partial charge in [0, 0.05) is 20.3 Å². The molecule has 7 heteroatoms. The number of hydrogen-bond donors (Lipinski definition) is 1. The Bertz CT molecular complexity index is 421. The van der Waals surface area contributed by atoms with Gasteiger partial charge in [-0.1, -0.05) is 13.8 Å². The number of rotatable bonds is 4. The summed E-state index contributed by atoms with van der Waals surface area (Å²) >= 11 is 0. The van der Waals surface area contributed by atoms with E-state index in [1.807, 2.05) is 13.8 Å². The van der Waals surface area contributed by atoms with E-state index < -0.39 is 0 Å². The lowest BCUT2D eigenvalue weighted by molar-refractivity contribution is 0.0843. The van der Waals surface area contributed by atoms with E-state index in [0.29, 0.717) is 30.5 Å². The molecule has 0 amide bonds. The topological polar surface area (TPSA) is 79.7 Å². The van der Waals surface area contributed by atoms with Crippen LogP contribution in [0.15, 0.2) is 11.5 Å². The summed E-state index contributed by atoms with van der Waals surface area (Å²) in [6.45, 7) is 7.08. The highest BCUT2D eigenvalue weighted by Crippen LogP contribution is 2.27. The molecule has 0 unspecified atom stereocenters. The molecule has 1 aromatic heterocycles. The summed E-state index contributed by atoms with van der Waals surface area (Å²) in [5, 5.41) is 7.54. The second-order valence-electron chi connectivity index (χ2n) is 4.17. The van der Waals surface area contributed by atoms with Crippen molar-refractivity contribution in [1.29, 1.82) is 0 Å². The lowest BCUT2D eigenvalue weighted by Gasteiger charge is -2.29. The fourth-order valence-electron chi connectivity index (χ4n) is 2.02. The predicted molar refractivity (Wildman–Crippen MR) is 79.8 cm³/mol. The number of aryl methyl sites for hydroxylation is 1. The van der Waals surface area contributed by atoms with Crippen LogP contribution in [0.5, 0.6) is 0 Å². The first-order chi connectivity index (χ1) is 9.76. The number of nitroso groups, excluding NO2 is 1. The molecule has 1 saturated heterocycles. The van der Waals surface area contributed by atoms with E-state index in [-0.39, 0.29) is 6.04 Å². The van der Waals surface area contributed by atoms with Crippen molar-refractivity contribution in [2.45, 2.75) is 39.7 Å². The van der Waals surface area contributed by atoms with Crippen LogP contribution in [0.4, 0.5) is 11.5 Å². The van der Waals surface area contributed by atoms with Gasteiger partial charge in [0.05, 0.1) is 23.2 Å². The van der Waals surface area contributed by atoms with Crippen LogP contribution in [0.1, 0.15) is 32.5 Å². The minimum Gasteiger partial charge on any atom is -0.384 e. The Hall–Kier alpha value is -1.76. The van der Waals surface area contributed by atoms with E-state index in [1.165, 1.54) is 5.01 Å². The summed E-state index contributed by atoms with van der Waals surface area (Å²) in [4.78, 5) is 19.5. The SMILES string of the molecule is CC.CNc1cnc(C)nc1N(N=O)C1CCOCC1. The monoisotopic (exact) mass is 281 g/mol. The van der Waals surface area contributed by atoms with Gasteiger partial charge >= 0.3 is 0 Å². The van der Waals surface area contributed by atoms with Crippen molar-refractivity contribution in [2.24, 2.45) is 5.29 Å². The molecule has 0 bridgehead atoms. The molecule has 1 aliphatic rings. The number of hydrogen-bond acceptors (Lipinski definition) is 6. The zero-order valence-electron chi connectivity index (χ0n) is 12.6. The minimum absolute atomic E-state index is 0.0395. The van der Waals surface area contributed by atoms with Crippen molar-refractivity contribution in [3.63, 3.8) is 0 Å². The molecule has 1 aromatic rings. The van der Waals surface area contributed by atoms with Crippen LogP contribution in [-0.4, -0.2) is 36.3 Å². The molecule has 112 valence electrons. The number of ether oxygens (including phenoxy) is 1. The van der Waals surface area contributed by atoms with Crippen molar-refractivity contribution < 1.29 is 4.74 Å². The second-order valence-corrected chi connectivity index (χ2v) is 4.17. The lowest BCUT2D eigenvalue weighted by atomic mass is 10.1. The third kappa shape index (κ3) is 3.86. The van der Waals surface area contributed by atoms with Crippen LogP contribution in [-0.2, 0) is 4.74 Å². The largest absolute Gasteiger partial charge is 0.384 e. The van der Waals surface area contributed by atoms with E-state index >= 15 is 0 Å². The number of nitrogens with one attached hydrogen (secondary N) is 1. The quantitative estimate of drug-likeness (QED) is 0.674. The fourth-order valence-corrected chi connectivity index (χ4v) is 2.02. The molecular weight excluding hydrogens is 258 g/mol. The smallest absolute Gasteiger partial charge is 0.178 e. The Labute approximate surface area is 119 Å². The molecule has 0 aliphatic carbocycles. The Morgan fingerprint density at radius 3 is 2.60 bits per heavy atom. The van der Waals surface area contributed by atoms with Gasteiger partial charge in [-0.05, 0) is 19.8 Å². The fraction of sp³-hybridized carbons (Fsp3) is 0.692. The third-order valence-corrected chi connectivity index (χ3v) is 3.00.